The van der Waals surface area contributed by atoms with Gasteiger partial charge in [-0.1, -0.05) is 17.7 Å². The first-order chi connectivity index (χ1) is 8.50. The van der Waals surface area contributed by atoms with E-state index in [4.69, 9.17) is 9.84 Å². The Hall–Kier alpha value is -1.51. The molecule has 0 unspecified atom stereocenters. The molecule has 0 aliphatic rings. The largest absolute Gasteiger partial charge is 0.493 e. The molecule has 3 heteroatoms. The minimum absolute atomic E-state index is 0.253. The summed E-state index contributed by atoms with van der Waals surface area (Å²) in [7, 11) is 0. The number of aryl methyl sites for hydroxylation is 3. The summed E-state index contributed by atoms with van der Waals surface area (Å²) in [6.45, 7) is 6.85. The molecule has 0 saturated carbocycles. The highest BCUT2D eigenvalue weighted by Crippen LogP contribution is 2.24. The molecule has 0 heterocycles. The molecule has 1 rings (SSSR count). The van der Waals surface area contributed by atoms with Gasteiger partial charge in [-0.2, -0.15) is 0 Å². The molecular weight excluding hydrogens is 228 g/mol. The molecule has 0 aromatic heterocycles. The van der Waals surface area contributed by atoms with Gasteiger partial charge in [-0.15, -0.1) is 0 Å². The van der Waals surface area contributed by atoms with Crippen molar-refractivity contribution in [2.24, 2.45) is 0 Å². The van der Waals surface area contributed by atoms with E-state index < -0.39 is 5.97 Å². The number of unbranched alkanes of at least 4 members (excludes halogenated alkanes) is 2. The van der Waals surface area contributed by atoms with Gasteiger partial charge in [-0.05, 0) is 51.2 Å². The van der Waals surface area contributed by atoms with E-state index in [0.29, 0.717) is 6.61 Å². The Morgan fingerprint density at radius 3 is 2.28 bits per heavy atom. The van der Waals surface area contributed by atoms with Gasteiger partial charge in [0.2, 0.25) is 0 Å². The first-order valence-corrected chi connectivity index (χ1v) is 6.43. The number of rotatable bonds is 7. The predicted octanol–water partition coefficient (Wildman–Crippen LogP) is 3.64. The summed E-state index contributed by atoms with van der Waals surface area (Å²) in [5.41, 5.74) is 3.58. The van der Waals surface area contributed by atoms with Gasteiger partial charge in [0, 0.05) is 6.42 Å². The first kappa shape index (κ1) is 14.6. The van der Waals surface area contributed by atoms with E-state index in [9.17, 15) is 4.79 Å². The van der Waals surface area contributed by atoms with Crippen molar-refractivity contribution < 1.29 is 14.6 Å². The van der Waals surface area contributed by atoms with Crippen LogP contribution in [0.4, 0.5) is 0 Å². The van der Waals surface area contributed by atoms with Crippen LogP contribution in [-0.2, 0) is 4.79 Å². The maximum atomic E-state index is 10.3. The van der Waals surface area contributed by atoms with E-state index in [2.05, 4.69) is 32.9 Å². The third-order valence-corrected chi connectivity index (χ3v) is 2.89. The molecule has 1 aromatic carbocycles. The monoisotopic (exact) mass is 250 g/mol. The second-order valence-corrected chi connectivity index (χ2v) is 4.78. The number of hydrogen-bond acceptors (Lipinski definition) is 2. The molecule has 0 radical (unpaired) electrons. The summed E-state index contributed by atoms with van der Waals surface area (Å²) in [4.78, 5) is 10.3. The van der Waals surface area contributed by atoms with Crippen LogP contribution in [0.5, 0.6) is 5.75 Å². The van der Waals surface area contributed by atoms with E-state index in [1.54, 1.807) is 0 Å². The molecule has 100 valence electrons. The molecule has 18 heavy (non-hydrogen) atoms. The molecule has 0 fully saturated rings. The fourth-order valence-corrected chi connectivity index (χ4v) is 2.12. The Morgan fingerprint density at radius 1 is 1.11 bits per heavy atom. The number of ether oxygens (including phenoxy) is 1. The Bertz CT molecular complexity index is 387. The minimum Gasteiger partial charge on any atom is -0.493 e. The standard InChI is InChI=1S/C15H22O3/c1-11-9-12(2)15(13(3)10-11)18-8-6-4-5-7-14(16)17/h9-10H,4-8H2,1-3H3,(H,16,17). The van der Waals surface area contributed by atoms with E-state index in [-0.39, 0.29) is 6.42 Å². The molecule has 3 nitrogen and oxygen atoms in total. The molecule has 0 bridgehead atoms. The molecule has 0 amide bonds. The molecule has 1 N–H and O–H groups in total. The lowest BCUT2D eigenvalue weighted by Crippen LogP contribution is -2.02. The normalized spacial score (nSPS) is 10.4. The second kappa shape index (κ2) is 7.04. The van der Waals surface area contributed by atoms with Crippen molar-refractivity contribution in [1.29, 1.82) is 0 Å². The van der Waals surface area contributed by atoms with Crippen molar-refractivity contribution in [2.45, 2.75) is 46.5 Å². The topological polar surface area (TPSA) is 46.5 Å². The van der Waals surface area contributed by atoms with Crippen LogP contribution in [0.3, 0.4) is 0 Å². The first-order valence-electron chi connectivity index (χ1n) is 6.43. The Balaban J connectivity index is 2.33. The van der Waals surface area contributed by atoms with Crippen molar-refractivity contribution >= 4 is 5.97 Å². The van der Waals surface area contributed by atoms with Crippen molar-refractivity contribution in [3.8, 4) is 5.75 Å². The van der Waals surface area contributed by atoms with E-state index in [1.807, 2.05) is 0 Å². The molecule has 0 aliphatic carbocycles. The van der Waals surface area contributed by atoms with E-state index in [1.165, 1.54) is 5.56 Å². The highest BCUT2D eigenvalue weighted by Gasteiger charge is 2.04. The zero-order valence-electron chi connectivity index (χ0n) is 11.5. The van der Waals surface area contributed by atoms with Crippen LogP contribution in [0.1, 0.15) is 42.4 Å². The summed E-state index contributed by atoms with van der Waals surface area (Å²) >= 11 is 0. The molecule has 1 aromatic rings. The van der Waals surface area contributed by atoms with Crippen LogP contribution in [0.15, 0.2) is 12.1 Å². The summed E-state index contributed by atoms with van der Waals surface area (Å²) in [5, 5.41) is 8.52. The number of aliphatic carboxylic acids is 1. The molecule has 0 saturated heterocycles. The third-order valence-electron chi connectivity index (χ3n) is 2.89. The average Bonchev–Trinajstić information content (AvgIpc) is 2.25. The summed E-state index contributed by atoms with van der Waals surface area (Å²) in [6, 6.07) is 4.24. The number of carboxylic acids is 1. The van der Waals surface area contributed by atoms with Gasteiger partial charge in [0.15, 0.2) is 0 Å². The van der Waals surface area contributed by atoms with Crippen LogP contribution in [0, 0.1) is 20.8 Å². The Kier molecular flexibility index (Phi) is 5.69. The van der Waals surface area contributed by atoms with Gasteiger partial charge in [0.25, 0.3) is 0 Å². The van der Waals surface area contributed by atoms with E-state index >= 15 is 0 Å². The molecular formula is C15H22O3. The highest BCUT2D eigenvalue weighted by molar-refractivity contribution is 5.66. The SMILES string of the molecule is Cc1cc(C)c(OCCCCCC(=O)O)c(C)c1. The van der Waals surface area contributed by atoms with Crippen LogP contribution in [0.25, 0.3) is 0 Å². The van der Waals surface area contributed by atoms with Crippen molar-refractivity contribution in [2.75, 3.05) is 6.61 Å². The fourth-order valence-electron chi connectivity index (χ4n) is 2.12. The lowest BCUT2D eigenvalue weighted by atomic mass is 10.1. The van der Waals surface area contributed by atoms with Gasteiger partial charge >= 0.3 is 5.97 Å². The van der Waals surface area contributed by atoms with E-state index in [0.717, 1.165) is 36.1 Å². The predicted molar refractivity (Wildman–Crippen MR) is 72.3 cm³/mol. The summed E-state index contributed by atoms with van der Waals surface area (Å²) in [5.74, 6) is 0.250. The average molecular weight is 250 g/mol. The van der Waals surface area contributed by atoms with Crippen LogP contribution in [0.2, 0.25) is 0 Å². The molecule has 0 atom stereocenters. The minimum atomic E-state index is -0.721. The van der Waals surface area contributed by atoms with Crippen molar-refractivity contribution in [3.05, 3.63) is 28.8 Å². The third kappa shape index (κ3) is 4.78. The van der Waals surface area contributed by atoms with Gasteiger partial charge in [0.1, 0.15) is 5.75 Å². The summed E-state index contributed by atoms with van der Waals surface area (Å²) < 4.78 is 5.78. The molecule has 0 aliphatic heterocycles. The van der Waals surface area contributed by atoms with Crippen LogP contribution in [-0.4, -0.2) is 17.7 Å². The fraction of sp³-hybridized carbons (Fsp3) is 0.533. The quantitative estimate of drug-likeness (QED) is 0.751. The smallest absolute Gasteiger partial charge is 0.303 e. The maximum Gasteiger partial charge on any atom is 0.303 e. The van der Waals surface area contributed by atoms with Gasteiger partial charge in [0.05, 0.1) is 6.61 Å². The number of benzene rings is 1. The van der Waals surface area contributed by atoms with Crippen LogP contribution < -0.4 is 4.74 Å². The van der Waals surface area contributed by atoms with Crippen LogP contribution >= 0.6 is 0 Å². The van der Waals surface area contributed by atoms with Crippen molar-refractivity contribution in [3.63, 3.8) is 0 Å². The maximum absolute atomic E-state index is 10.3. The Morgan fingerprint density at radius 2 is 1.72 bits per heavy atom. The number of carboxylic acid groups (broad SMARTS) is 1. The Labute approximate surface area is 109 Å². The van der Waals surface area contributed by atoms with Gasteiger partial charge in [-0.3, -0.25) is 4.79 Å². The second-order valence-electron chi connectivity index (χ2n) is 4.78. The summed E-state index contributed by atoms with van der Waals surface area (Å²) in [6.07, 6.45) is 2.78. The number of hydrogen-bond donors (Lipinski definition) is 1. The highest BCUT2D eigenvalue weighted by atomic mass is 16.5. The lowest BCUT2D eigenvalue weighted by molar-refractivity contribution is -0.137. The van der Waals surface area contributed by atoms with Gasteiger partial charge in [-0.25, -0.2) is 0 Å². The zero-order valence-corrected chi connectivity index (χ0v) is 11.5. The number of carbonyl (C=O) groups is 1. The van der Waals surface area contributed by atoms with Gasteiger partial charge < -0.3 is 9.84 Å². The molecule has 0 spiro atoms. The zero-order chi connectivity index (χ0) is 13.5. The lowest BCUT2D eigenvalue weighted by Gasteiger charge is -2.12. The van der Waals surface area contributed by atoms with Crippen molar-refractivity contribution in [1.82, 2.24) is 0 Å².